The fraction of sp³-hybridized carbons (Fsp3) is 0.261. The fourth-order valence-corrected chi connectivity index (χ4v) is 2.54. The van der Waals surface area contributed by atoms with Gasteiger partial charge in [0.2, 0.25) is 0 Å². The van der Waals surface area contributed by atoms with Crippen LogP contribution in [-0.4, -0.2) is 49.2 Å². The van der Waals surface area contributed by atoms with E-state index >= 15 is 0 Å². The van der Waals surface area contributed by atoms with Crippen molar-refractivity contribution in [3.8, 4) is 12.3 Å². The van der Waals surface area contributed by atoms with E-state index in [1.165, 1.54) is 4.90 Å². The zero-order chi connectivity index (χ0) is 22.3. The van der Waals surface area contributed by atoms with E-state index in [0.29, 0.717) is 0 Å². The lowest BCUT2D eigenvalue weighted by Crippen LogP contribution is -2.42. The lowest BCUT2D eigenvalue weighted by atomic mass is 10.2. The number of rotatable bonds is 10. The van der Waals surface area contributed by atoms with Gasteiger partial charge < -0.3 is 25.0 Å². The van der Waals surface area contributed by atoms with E-state index < -0.39 is 18.1 Å². The number of hydrogen-bond acceptors (Lipinski definition) is 5. The van der Waals surface area contributed by atoms with Gasteiger partial charge in [0, 0.05) is 26.2 Å². The monoisotopic (exact) mass is 423 g/mol. The Bertz CT molecular complexity index is 820. The molecule has 0 aromatic heterocycles. The molecule has 31 heavy (non-hydrogen) atoms. The van der Waals surface area contributed by atoms with Gasteiger partial charge in [-0.25, -0.2) is 9.59 Å². The molecule has 2 aromatic carbocycles. The number of carbonyl (C=O) groups is 3. The van der Waals surface area contributed by atoms with Crippen LogP contribution in [0, 0.1) is 12.3 Å². The number of benzene rings is 2. The number of carbonyl (C=O) groups excluding carboxylic acids is 3. The summed E-state index contributed by atoms with van der Waals surface area (Å²) in [6.45, 7) is 0.941. The molecule has 0 aliphatic carbocycles. The molecular formula is C23H25N3O5. The maximum atomic E-state index is 11.9. The zero-order valence-electron chi connectivity index (χ0n) is 17.1. The summed E-state index contributed by atoms with van der Waals surface area (Å²) in [5, 5.41) is 5.13. The van der Waals surface area contributed by atoms with Gasteiger partial charge in [0.25, 0.3) is 5.91 Å². The van der Waals surface area contributed by atoms with Gasteiger partial charge in [-0.2, -0.15) is 0 Å². The second kappa shape index (κ2) is 13.3. The van der Waals surface area contributed by atoms with Crippen molar-refractivity contribution >= 4 is 18.1 Å². The Morgan fingerprint density at radius 1 is 0.774 bits per heavy atom. The predicted octanol–water partition coefficient (Wildman–Crippen LogP) is 2.30. The van der Waals surface area contributed by atoms with E-state index in [-0.39, 0.29) is 39.4 Å². The number of ether oxygens (including phenoxy) is 2. The molecule has 0 fully saturated rings. The molecule has 0 atom stereocenters. The maximum Gasteiger partial charge on any atom is 0.407 e. The predicted molar refractivity (Wildman–Crippen MR) is 115 cm³/mol. The Morgan fingerprint density at radius 3 is 1.58 bits per heavy atom. The van der Waals surface area contributed by atoms with Crippen molar-refractivity contribution in [1.82, 2.24) is 15.5 Å². The van der Waals surface area contributed by atoms with Gasteiger partial charge in [-0.3, -0.25) is 4.79 Å². The van der Waals surface area contributed by atoms with Gasteiger partial charge in [0.05, 0.1) is 0 Å². The molecule has 0 unspecified atom stereocenters. The normalized spacial score (nSPS) is 9.77. The molecule has 8 heteroatoms. The molecule has 8 nitrogen and oxygen atoms in total. The smallest absolute Gasteiger partial charge is 0.407 e. The Morgan fingerprint density at radius 2 is 1.19 bits per heavy atom. The molecule has 2 N–H and O–H groups in total. The Balaban J connectivity index is 1.65. The van der Waals surface area contributed by atoms with Gasteiger partial charge in [0.15, 0.2) is 0 Å². The third kappa shape index (κ3) is 9.37. The van der Waals surface area contributed by atoms with Crippen LogP contribution in [0.25, 0.3) is 0 Å². The molecule has 0 aliphatic heterocycles. The van der Waals surface area contributed by atoms with Crippen molar-refractivity contribution in [2.75, 3.05) is 26.2 Å². The molecule has 0 saturated carbocycles. The van der Waals surface area contributed by atoms with Gasteiger partial charge in [-0.15, -0.1) is 6.42 Å². The van der Waals surface area contributed by atoms with E-state index in [1.54, 1.807) is 0 Å². The van der Waals surface area contributed by atoms with E-state index in [0.717, 1.165) is 11.1 Å². The van der Waals surface area contributed by atoms with Crippen molar-refractivity contribution in [1.29, 1.82) is 0 Å². The van der Waals surface area contributed by atoms with Crippen LogP contribution in [0.2, 0.25) is 0 Å². The summed E-state index contributed by atoms with van der Waals surface area (Å²) < 4.78 is 10.2. The van der Waals surface area contributed by atoms with Crippen molar-refractivity contribution in [2.45, 2.75) is 13.2 Å². The molecule has 0 heterocycles. The van der Waals surface area contributed by atoms with Crippen molar-refractivity contribution < 1.29 is 23.9 Å². The van der Waals surface area contributed by atoms with Crippen LogP contribution in [-0.2, 0) is 27.5 Å². The third-order valence-corrected chi connectivity index (χ3v) is 4.14. The maximum absolute atomic E-state index is 11.9. The van der Waals surface area contributed by atoms with E-state index in [9.17, 15) is 14.4 Å². The average molecular weight is 423 g/mol. The molecule has 0 spiro atoms. The number of alkyl carbamates (subject to hydrolysis) is 2. The lowest BCUT2D eigenvalue weighted by molar-refractivity contribution is -0.125. The van der Waals surface area contributed by atoms with Crippen molar-refractivity contribution in [3.05, 3.63) is 71.8 Å². The summed E-state index contributed by atoms with van der Waals surface area (Å²) >= 11 is 0. The lowest BCUT2D eigenvalue weighted by Gasteiger charge is -2.20. The van der Waals surface area contributed by atoms with Crippen LogP contribution in [0.15, 0.2) is 60.7 Å². The van der Waals surface area contributed by atoms with Crippen LogP contribution in [0.3, 0.4) is 0 Å². The van der Waals surface area contributed by atoms with Gasteiger partial charge in [-0.05, 0) is 17.0 Å². The Hall–Kier alpha value is -3.99. The largest absolute Gasteiger partial charge is 0.445 e. The average Bonchev–Trinajstić information content (AvgIpc) is 2.81. The minimum atomic E-state index is -0.598. The number of amides is 3. The second-order valence-electron chi connectivity index (χ2n) is 6.41. The first-order valence-corrected chi connectivity index (χ1v) is 9.73. The molecule has 0 radical (unpaired) electrons. The summed E-state index contributed by atoms with van der Waals surface area (Å²) in [4.78, 5) is 36.8. The quantitative estimate of drug-likeness (QED) is 0.572. The Labute approximate surface area is 181 Å². The highest BCUT2D eigenvalue weighted by atomic mass is 16.6. The SMILES string of the molecule is C#CC(=O)N(CCNC(=O)OCc1ccccc1)CCNC(=O)OCc1ccccc1. The first kappa shape index (κ1) is 23.3. The molecule has 0 aliphatic rings. The molecule has 162 valence electrons. The van der Waals surface area contributed by atoms with Crippen molar-refractivity contribution in [2.24, 2.45) is 0 Å². The van der Waals surface area contributed by atoms with Gasteiger partial charge in [-0.1, -0.05) is 60.7 Å². The standard InChI is InChI=1S/C23H25N3O5/c1-2-21(27)26(15-13-24-22(28)30-17-19-9-5-3-6-10-19)16-14-25-23(29)31-18-20-11-7-4-8-12-20/h1,3-12H,13-18H2,(H,24,28)(H,25,29). The molecular weight excluding hydrogens is 398 g/mol. The van der Waals surface area contributed by atoms with Crippen LogP contribution in [0.4, 0.5) is 9.59 Å². The Kier molecular flexibility index (Phi) is 9.97. The fourth-order valence-electron chi connectivity index (χ4n) is 2.54. The molecule has 3 amide bonds. The highest BCUT2D eigenvalue weighted by molar-refractivity contribution is 5.92. The topological polar surface area (TPSA) is 97.0 Å². The summed E-state index contributed by atoms with van der Waals surface area (Å²) in [5.74, 6) is 1.49. The highest BCUT2D eigenvalue weighted by Crippen LogP contribution is 2.01. The summed E-state index contributed by atoms with van der Waals surface area (Å²) in [6, 6.07) is 18.5. The number of hydrogen-bond donors (Lipinski definition) is 2. The minimum absolute atomic E-state index is 0.148. The van der Waals surface area contributed by atoms with Crippen LogP contribution >= 0.6 is 0 Å². The van der Waals surface area contributed by atoms with E-state index in [1.807, 2.05) is 66.6 Å². The highest BCUT2D eigenvalue weighted by Gasteiger charge is 2.12. The summed E-state index contributed by atoms with van der Waals surface area (Å²) in [5.41, 5.74) is 1.74. The number of nitrogens with zero attached hydrogens (tertiary/aromatic N) is 1. The molecule has 0 bridgehead atoms. The van der Waals surface area contributed by atoms with Crippen LogP contribution < -0.4 is 10.6 Å². The minimum Gasteiger partial charge on any atom is -0.445 e. The summed E-state index contributed by atoms with van der Waals surface area (Å²) in [6.07, 6.45) is 4.00. The van der Waals surface area contributed by atoms with Gasteiger partial charge in [0.1, 0.15) is 13.2 Å². The molecule has 2 aromatic rings. The van der Waals surface area contributed by atoms with Crippen molar-refractivity contribution in [3.63, 3.8) is 0 Å². The van der Waals surface area contributed by atoms with E-state index in [2.05, 4.69) is 10.6 Å². The first-order valence-electron chi connectivity index (χ1n) is 9.73. The number of terminal acetylenes is 1. The van der Waals surface area contributed by atoms with E-state index in [4.69, 9.17) is 15.9 Å². The summed E-state index contributed by atoms with van der Waals surface area (Å²) in [7, 11) is 0. The van der Waals surface area contributed by atoms with Crippen LogP contribution in [0.5, 0.6) is 0 Å². The second-order valence-corrected chi connectivity index (χ2v) is 6.41. The first-order chi connectivity index (χ1) is 15.1. The van der Waals surface area contributed by atoms with Gasteiger partial charge >= 0.3 is 12.2 Å². The van der Waals surface area contributed by atoms with Crippen LogP contribution in [0.1, 0.15) is 11.1 Å². The molecule has 2 rings (SSSR count). The molecule has 0 saturated heterocycles. The third-order valence-electron chi connectivity index (χ3n) is 4.14. The number of nitrogens with one attached hydrogen (secondary N) is 2. The zero-order valence-corrected chi connectivity index (χ0v) is 17.1.